The van der Waals surface area contributed by atoms with E-state index in [-0.39, 0.29) is 18.2 Å². The molecule has 27 heavy (non-hydrogen) atoms. The van der Waals surface area contributed by atoms with E-state index in [2.05, 4.69) is 17.1 Å². The summed E-state index contributed by atoms with van der Waals surface area (Å²) in [4.78, 5) is 4.52. The maximum absolute atomic E-state index is 9.14. The second-order valence-electron chi connectivity index (χ2n) is 6.39. The average molecular weight is 365 g/mol. The van der Waals surface area contributed by atoms with Gasteiger partial charge >= 0.3 is 0 Å². The maximum atomic E-state index is 9.14. The van der Waals surface area contributed by atoms with Crippen LogP contribution in [0.5, 0.6) is 5.75 Å². The fourth-order valence-electron chi connectivity index (χ4n) is 3.22. The number of nitrogens with zero attached hydrogens (tertiary/aromatic N) is 2. The van der Waals surface area contributed by atoms with E-state index in [0.29, 0.717) is 18.6 Å². The Kier molecular flexibility index (Phi) is 5.94. The van der Waals surface area contributed by atoms with E-state index in [1.807, 2.05) is 30.3 Å². The number of aliphatic imine (C=N–C) groups is 1. The topological polar surface area (TPSA) is 89.9 Å². The molecule has 2 aromatic rings. The van der Waals surface area contributed by atoms with Gasteiger partial charge < -0.3 is 19.9 Å². The van der Waals surface area contributed by atoms with Crippen molar-refractivity contribution in [2.75, 3.05) is 20.8 Å². The molecule has 6 nitrogen and oxygen atoms in total. The van der Waals surface area contributed by atoms with Crippen molar-refractivity contribution in [3.05, 3.63) is 53.6 Å². The molecule has 6 heteroatoms. The van der Waals surface area contributed by atoms with Gasteiger partial charge in [0.1, 0.15) is 11.9 Å². The summed E-state index contributed by atoms with van der Waals surface area (Å²) < 4.78 is 16.4. The molecular weight excluding hydrogens is 342 g/mol. The van der Waals surface area contributed by atoms with E-state index in [4.69, 9.17) is 25.2 Å². The van der Waals surface area contributed by atoms with Crippen LogP contribution < -0.4 is 10.5 Å². The number of ether oxygens (including phenoxy) is 3. The summed E-state index contributed by atoms with van der Waals surface area (Å²) >= 11 is 0. The summed E-state index contributed by atoms with van der Waals surface area (Å²) in [7, 11) is 3.18. The number of methoxy groups -OCH3 is 2. The van der Waals surface area contributed by atoms with Gasteiger partial charge in [0.2, 0.25) is 0 Å². The molecule has 2 unspecified atom stereocenters. The molecule has 0 amide bonds. The number of nitriles is 1. The van der Waals surface area contributed by atoms with E-state index >= 15 is 0 Å². The summed E-state index contributed by atoms with van der Waals surface area (Å²) in [5, 5.41) is 9.14. The van der Waals surface area contributed by atoms with Crippen molar-refractivity contribution in [3.8, 4) is 22.9 Å². The first kappa shape index (κ1) is 18.7. The lowest BCUT2D eigenvalue weighted by Gasteiger charge is -2.30. The Morgan fingerprint density at radius 1 is 1.26 bits per heavy atom. The summed E-state index contributed by atoms with van der Waals surface area (Å²) in [6.45, 7) is 0.620. The third kappa shape index (κ3) is 4.39. The number of amidine groups is 1. The Hall–Kier alpha value is -3.04. The van der Waals surface area contributed by atoms with Crippen LogP contribution >= 0.6 is 0 Å². The lowest BCUT2D eigenvalue weighted by molar-refractivity contribution is 0.104. The minimum Gasteiger partial charge on any atom is -0.490 e. The third-order valence-electron chi connectivity index (χ3n) is 4.61. The minimum atomic E-state index is -0.158. The molecule has 0 fully saturated rings. The van der Waals surface area contributed by atoms with Crippen LogP contribution in [0.2, 0.25) is 0 Å². The van der Waals surface area contributed by atoms with Crippen LogP contribution in [0.4, 0.5) is 0 Å². The summed E-state index contributed by atoms with van der Waals surface area (Å²) in [5.74, 6) is 0.792. The Balaban J connectivity index is 1.98. The van der Waals surface area contributed by atoms with Crippen LogP contribution in [0.15, 0.2) is 47.5 Å². The molecule has 2 N–H and O–H groups in total. The van der Waals surface area contributed by atoms with Gasteiger partial charge in [0.25, 0.3) is 6.02 Å². The van der Waals surface area contributed by atoms with E-state index in [9.17, 15) is 0 Å². The first-order valence-electron chi connectivity index (χ1n) is 8.82. The average Bonchev–Trinajstić information content (AvgIpc) is 2.71. The minimum absolute atomic E-state index is 0.00335. The van der Waals surface area contributed by atoms with Crippen LogP contribution in [0.25, 0.3) is 11.1 Å². The van der Waals surface area contributed by atoms with Crippen LogP contribution in [-0.4, -0.2) is 33.0 Å². The van der Waals surface area contributed by atoms with Crippen molar-refractivity contribution >= 4 is 6.02 Å². The summed E-state index contributed by atoms with van der Waals surface area (Å²) in [5.41, 5.74) is 9.38. The molecule has 2 atom stereocenters. The predicted octanol–water partition coefficient (Wildman–Crippen LogP) is 3.42. The molecule has 140 valence electrons. The zero-order chi connectivity index (χ0) is 19.2. The Morgan fingerprint density at radius 3 is 2.81 bits per heavy atom. The van der Waals surface area contributed by atoms with Gasteiger partial charge in [-0.1, -0.05) is 18.2 Å². The quantitative estimate of drug-likeness (QED) is 0.648. The molecule has 0 radical (unpaired) electrons. The molecule has 1 aliphatic rings. The number of benzene rings is 2. The SMILES string of the molecule is COCCC1CC(N=C(N)OC)c2cc(-c3cccc(C#N)c3)ccc2O1. The van der Waals surface area contributed by atoms with Crippen LogP contribution in [0.1, 0.15) is 30.0 Å². The smallest absolute Gasteiger partial charge is 0.282 e. The highest BCUT2D eigenvalue weighted by atomic mass is 16.5. The van der Waals surface area contributed by atoms with Gasteiger partial charge in [-0.15, -0.1) is 0 Å². The molecule has 0 spiro atoms. The van der Waals surface area contributed by atoms with Gasteiger partial charge in [0.15, 0.2) is 0 Å². The van der Waals surface area contributed by atoms with E-state index in [0.717, 1.165) is 28.9 Å². The molecule has 0 saturated carbocycles. The lowest BCUT2D eigenvalue weighted by atomic mass is 9.92. The fraction of sp³-hybridized carbons (Fsp3) is 0.333. The second-order valence-corrected chi connectivity index (χ2v) is 6.39. The van der Waals surface area contributed by atoms with Gasteiger partial charge in [0.05, 0.1) is 24.8 Å². The lowest BCUT2D eigenvalue weighted by Crippen LogP contribution is -2.28. The second kappa shape index (κ2) is 8.56. The van der Waals surface area contributed by atoms with Crippen LogP contribution in [0.3, 0.4) is 0 Å². The Morgan fingerprint density at radius 2 is 2.07 bits per heavy atom. The fourth-order valence-corrected chi connectivity index (χ4v) is 3.22. The molecule has 0 saturated heterocycles. The molecule has 0 aliphatic carbocycles. The van der Waals surface area contributed by atoms with Gasteiger partial charge in [-0.3, -0.25) is 0 Å². The molecule has 1 aliphatic heterocycles. The number of fused-ring (bicyclic) bond motifs is 1. The number of hydrogen-bond donors (Lipinski definition) is 1. The summed E-state index contributed by atoms with van der Waals surface area (Å²) in [6, 6.07) is 15.7. The van der Waals surface area contributed by atoms with Crippen molar-refractivity contribution in [1.82, 2.24) is 0 Å². The van der Waals surface area contributed by atoms with Gasteiger partial charge in [0, 0.05) is 32.1 Å². The normalized spacial score (nSPS) is 18.9. The van der Waals surface area contributed by atoms with Crippen molar-refractivity contribution < 1.29 is 14.2 Å². The standard InChI is InChI=1S/C21H23N3O3/c1-25-9-8-17-12-19(24-21(23)26-2)18-11-16(6-7-20(18)27-17)15-5-3-4-14(10-15)13-22/h3-7,10-11,17,19H,8-9,12H2,1-2H3,(H2,23,24). The van der Waals surface area contributed by atoms with Crippen LogP contribution in [0, 0.1) is 11.3 Å². The van der Waals surface area contributed by atoms with Crippen molar-refractivity contribution in [3.63, 3.8) is 0 Å². The molecule has 3 rings (SSSR count). The predicted molar refractivity (Wildman–Crippen MR) is 103 cm³/mol. The zero-order valence-electron chi connectivity index (χ0n) is 15.5. The number of rotatable bonds is 5. The largest absolute Gasteiger partial charge is 0.490 e. The van der Waals surface area contributed by atoms with Gasteiger partial charge in [-0.25, -0.2) is 4.99 Å². The van der Waals surface area contributed by atoms with Crippen molar-refractivity contribution in [2.24, 2.45) is 10.7 Å². The zero-order valence-corrected chi connectivity index (χ0v) is 15.5. The highest BCUT2D eigenvalue weighted by molar-refractivity contribution is 5.72. The Bertz CT molecular complexity index is 873. The van der Waals surface area contributed by atoms with Crippen molar-refractivity contribution in [1.29, 1.82) is 5.26 Å². The monoisotopic (exact) mass is 365 g/mol. The highest BCUT2D eigenvalue weighted by Crippen LogP contribution is 2.40. The van der Waals surface area contributed by atoms with Gasteiger partial charge in [-0.2, -0.15) is 5.26 Å². The molecule has 0 bridgehead atoms. The van der Waals surface area contributed by atoms with Crippen molar-refractivity contribution in [2.45, 2.75) is 25.0 Å². The first-order chi connectivity index (χ1) is 13.1. The first-order valence-corrected chi connectivity index (χ1v) is 8.82. The highest BCUT2D eigenvalue weighted by Gasteiger charge is 2.29. The van der Waals surface area contributed by atoms with E-state index in [1.54, 1.807) is 13.2 Å². The van der Waals surface area contributed by atoms with Gasteiger partial charge in [-0.05, 0) is 35.4 Å². The van der Waals surface area contributed by atoms with E-state index < -0.39 is 0 Å². The third-order valence-corrected chi connectivity index (χ3v) is 4.61. The maximum Gasteiger partial charge on any atom is 0.282 e. The molecule has 0 aromatic heterocycles. The molecule has 2 aromatic carbocycles. The molecular formula is C21H23N3O3. The van der Waals surface area contributed by atoms with E-state index in [1.165, 1.54) is 7.11 Å². The molecule has 1 heterocycles. The summed E-state index contributed by atoms with van der Waals surface area (Å²) in [6.07, 6.45) is 1.48. The van der Waals surface area contributed by atoms with Crippen LogP contribution in [-0.2, 0) is 9.47 Å². The number of nitrogens with two attached hydrogens (primary N) is 1. The number of hydrogen-bond acceptors (Lipinski definition) is 5. The Labute approximate surface area is 159 Å².